The molecule has 0 unspecified atom stereocenters. The van der Waals surface area contributed by atoms with Crippen LogP contribution in [0.4, 0.5) is 77.0 Å². The largest absolute Gasteiger partial charge is 0.494 e. The van der Waals surface area contributed by atoms with Gasteiger partial charge in [0.05, 0.1) is 66.9 Å². The fourth-order valence-electron chi connectivity index (χ4n) is 22.2. The van der Waals surface area contributed by atoms with Crippen molar-refractivity contribution in [3.63, 3.8) is 0 Å². The third kappa shape index (κ3) is 16.6. The third-order valence-electron chi connectivity index (χ3n) is 33.6. The lowest BCUT2D eigenvalue weighted by Gasteiger charge is -2.32. The molecule has 2 aliphatic carbocycles. The van der Waals surface area contributed by atoms with Gasteiger partial charge in [0.15, 0.2) is 0 Å². The van der Waals surface area contributed by atoms with E-state index in [1.54, 1.807) is 0 Å². The first-order valence-corrected chi connectivity index (χ1v) is 51.7. The average molecular weight is 1960 g/mol. The van der Waals surface area contributed by atoms with Crippen LogP contribution in [0.1, 0.15) is 172 Å². The highest BCUT2D eigenvalue weighted by Crippen LogP contribution is 2.55. The van der Waals surface area contributed by atoms with E-state index in [2.05, 4.69) is 460 Å². The fraction of sp³-hybridized carbons (Fsp3) is 0.250. The van der Waals surface area contributed by atoms with Crippen LogP contribution in [0, 0.1) is 25.5 Å². The van der Waals surface area contributed by atoms with Crippen LogP contribution in [0.5, 0.6) is 0 Å². The first-order valence-electron chi connectivity index (χ1n) is 51.7. The summed E-state index contributed by atoms with van der Waals surface area (Å²) in [6, 6.07) is 123. The van der Waals surface area contributed by atoms with Crippen LogP contribution in [0.15, 0.2) is 352 Å². The highest BCUT2D eigenvalue weighted by molar-refractivity contribution is 6.63. The number of rotatable bonds is 18. The molecule has 0 N–H and O–H groups in total. The van der Waals surface area contributed by atoms with E-state index < -0.39 is 73.3 Å². The molecular formula is C128H124B4F2N6O8. The zero-order chi connectivity index (χ0) is 103. The maximum Gasteiger partial charge on any atom is 0.494 e. The van der Waals surface area contributed by atoms with E-state index in [-0.39, 0.29) is 22.5 Å². The molecule has 0 radical (unpaired) electrons. The zero-order valence-corrected chi connectivity index (χ0v) is 88.5. The monoisotopic (exact) mass is 1950 g/mol. The lowest BCUT2D eigenvalue weighted by atomic mass is 9.79. The second-order valence-electron chi connectivity index (χ2n) is 46.0. The maximum atomic E-state index is 14.7. The smallest absolute Gasteiger partial charge is 0.399 e. The Labute approximate surface area is 869 Å². The highest BCUT2D eigenvalue weighted by atomic mass is 19.1. The number of hydrogen-bond acceptors (Lipinski definition) is 12. The quantitative estimate of drug-likeness (QED) is 0.0766. The van der Waals surface area contributed by atoms with Crippen LogP contribution >= 0.6 is 0 Å². The van der Waals surface area contributed by atoms with Crippen molar-refractivity contribution in [1.82, 2.24) is 9.13 Å². The topological polar surface area (TPSA) is 96.7 Å². The van der Waals surface area contributed by atoms with Gasteiger partial charge in [-0.25, -0.2) is 8.78 Å². The lowest BCUT2D eigenvalue weighted by molar-refractivity contribution is 0.00578. The first-order chi connectivity index (χ1) is 70.4. The maximum absolute atomic E-state index is 14.7. The van der Waals surface area contributed by atoms with E-state index in [0.717, 1.165) is 145 Å². The summed E-state index contributed by atoms with van der Waals surface area (Å²) in [7, 11) is -1.95. The van der Waals surface area contributed by atoms with Gasteiger partial charge in [-0.15, -0.1) is 0 Å². The lowest BCUT2D eigenvalue weighted by Crippen LogP contribution is -2.41. The minimum absolute atomic E-state index is 0.153. The van der Waals surface area contributed by atoms with E-state index >= 15 is 0 Å². The zero-order valence-electron chi connectivity index (χ0n) is 88.5. The number of benzene rings is 16. The number of aromatic nitrogens is 2. The van der Waals surface area contributed by atoms with Crippen molar-refractivity contribution < 1.29 is 46.0 Å². The van der Waals surface area contributed by atoms with Crippen molar-refractivity contribution in [1.29, 1.82) is 0 Å². The van der Waals surface area contributed by atoms with Crippen LogP contribution in [-0.4, -0.2) is 82.4 Å². The highest BCUT2D eigenvalue weighted by Gasteiger charge is 2.56. The predicted molar refractivity (Wildman–Crippen MR) is 608 cm³/mol. The Kier molecular flexibility index (Phi) is 23.3. The van der Waals surface area contributed by atoms with Crippen LogP contribution in [-0.2, 0) is 48.1 Å². The normalized spacial score (nSPS) is 17.7. The number of hydrogen-bond donors (Lipinski definition) is 0. The summed E-state index contributed by atoms with van der Waals surface area (Å²) < 4.78 is 85.9. The molecule has 0 spiro atoms. The van der Waals surface area contributed by atoms with Crippen LogP contribution in [0.2, 0.25) is 0 Å². The van der Waals surface area contributed by atoms with Gasteiger partial charge >= 0.3 is 28.5 Å². The van der Waals surface area contributed by atoms with Crippen molar-refractivity contribution in [2.75, 3.05) is 19.6 Å². The first kappa shape index (κ1) is 97.5. The fourth-order valence-corrected chi connectivity index (χ4v) is 22.2. The van der Waals surface area contributed by atoms with Crippen LogP contribution < -0.4 is 41.5 Å². The molecular weight excluding hydrogens is 1830 g/mol. The van der Waals surface area contributed by atoms with E-state index in [1.165, 1.54) is 79.9 Å². The summed E-state index contributed by atoms with van der Waals surface area (Å²) in [4.78, 5) is 9.02. The minimum atomic E-state index is -0.522. The van der Waals surface area contributed by atoms with Gasteiger partial charge in [0.25, 0.3) is 0 Å². The van der Waals surface area contributed by atoms with E-state index in [9.17, 15) is 8.78 Å². The Balaban J connectivity index is 0.000000163. The van der Waals surface area contributed by atoms with Crippen molar-refractivity contribution in [3.8, 4) is 33.6 Å². The molecule has 4 fully saturated rings. The summed E-state index contributed by atoms with van der Waals surface area (Å²) in [5, 5.41) is 4.32. The Morgan fingerprint density at radius 1 is 0.203 bits per heavy atom. The van der Waals surface area contributed by atoms with Crippen molar-refractivity contribution >= 4 is 162 Å². The van der Waals surface area contributed by atoms with Gasteiger partial charge < -0.3 is 66.0 Å². The molecule has 0 amide bonds. The number of fused-ring (bicyclic) bond motifs is 12. The number of aryl methyl sites for hydroxylation is 2. The molecule has 4 aliphatic heterocycles. The summed E-state index contributed by atoms with van der Waals surface area (Å²) in [6.45, 7) is 46.8. The van der Waals surface area contributed by atoms with Crippen LogP contribution in [0.25, 0.3) is 77.2 Å². The van der Waals surface area contributed by atoms with Gasteiger partial charge in [-0.2, -0.15) is 0 Å². The Hall–Kier alpha value is -13.9. The third-order valence-corrected chi connectivity index (χ3v) is 33.6. The molecule has 18 aromatic rings. The molecule has 4 saturated heterocycles. The molecule has 0 bridgehead atoms. The summed E-state index contributed by atoms with van der Waals surface area (Å²) in [5.41, 5.74) is 30.5. The molecule has 0 saturated carbocycles. The minimum Gasteiger partial charge on any atom is -0.399 e. The number of halogens is 2. The number of nitrogens with zero attached hydrogens (tertiary/aromatic N) is 6. The van der Waals surface area contributed by atoms with Crippen LogP contribution in [0.3, 0.4) is 0 Å². The molecule has 20 heteroatoms. The van der Waals surface area contributed by atoms with Crippen molar-refractivity contribution in [3.05, 3.63) is 397 Å². The molecule has 16 aromatic carbocycles. The Morgan fingerprint density at radius 3 is 0.628 bits per heavy atom. The standard InChI is InChI=1S/C65H65B2N3O4.C63H59B2F2N3O4/c1-42-17-25-46(26-18-42)68(48-29-21-44(22-30-48)66-71-62(5,6)63(7,8)72-66)50-34-37-59-55(39-50)56-40-51(35-38-60(56)70(59)52-33-36-54-53-15-13-14-16-57(53)61(3,4)58(54)41-52)69(47-27-19-43(2)20-28-47)49-31-23-45(24-32-49)67-73-64(9,10)65(11,12)74-67;1-59(2)55-14-12-11-13-51(55)52-34-31-50(39-56(52)59)70-57-35-32-48(68(46-27-19-42(66)20-28-46)44-23-15-40(16-24-44)64-71-60(3,4)61(5,6)72-64)37-53(57)54-38-49(33-36-58(54)70)69(47-29-21-43(67)22-30-47)45-25-17-41(18-26-45)65-73-62(7,8)63(9,10)74-65/h13-41H,1-12H3;11-39H,1-10H3. The second-order valence-corrected chi connectivity index (χ2v) is 46.0. The molecule has 740 valence electrons. The molecule has 148 heavy (non-hydrogen) atoms. The summed E-state index contributed by atoms with van der Waals surface area (Å²) >= 11 is 0. The molecule has 2 aromatic heterocycles. The van der Waals surface area contributed by atoms with Crippen molar-refractivity contribution in [2.24, 2.45) is 0 Å². The van der Waals surface area contributed by atoms with Gasteiger partial charge in [-0.05, 0) is 409 Å². The van der Waals surface area contributed by atoms with Crippen molar-refractivity contribution in [2.45, 2.75) is 208 Å². The Bertz CT molecular complexity index is 7330. The van der Waals surface area contributed by atoms with Gasteiger partial charge in [-0.1, -0.05) is 172 Å². The van der Waals surface area contributed by atoms with Gasteiger partial charge in [0.2, 0.25) is 0 Å². The van der Waals surface area contributed by atoms with Gasteiger partial charge in [0, 0.05) is 112 Å². The summed E-state index contributed by atoms with van der Waals surface area (Å²) in [5.74, 6) is -0.630. The van der Waals surface area contributed by atoms with Gasteiger partial charge in [-0.3, -0.25) is 0 Å². The second kappa shape index (κ2) is 35.4. The van der Waals surface area contributed by atoms with E-state index in [0.29, 0.717) is 0 Å². The SMILES string of the molecule is CC1(C)c2ccccc2-c2ccc(-n3c4ccc(N(c5ccc(F)cc5)c5ccc(B6OC(C)(C)C(C)(C)O6)cc5)cc4c4cc(N(c5ccc(F)cc5)c5ccc(B6OC(C)(C)C(C)(C)O6)cc5)ccc43)cc21.Cc1ccc(N(c2ccc(B3OC(C)(C)C(C)(C)O3)cc2)c2ccc3c(c2)c2cc(N(c4ccc(C)cc4)c4ccc(B5OC(C)(C)C(C)(C)O5)cc4)ccc2n3-c2ccc3c(c2)C(C)(C)c2ccccc2-3)cc1. The molecule has 14 nitrogen and oxygen atoms in total. The van der Waals surface area contributed by atoms with E-state index in [4.69, 9.17) is 37.2 Å². The average Bonchev–Trinajstić information content (AvgIpc) is 1.56. The number of anilines is 12. The molecule has 0 atom stereocenters. The predicted octanol–water partition coefficient (Wildman–Crippen LogP) is 30.2. The Morgan fingerprint density at radius 2 is 0.399 bits per heavy atom. The van der Waals surface area contributed by atoms with E-state index in [1.807, 2.05) is 48.5 Å². The molecule has 24 rings (SSSR count). The molecule has 6 aliphatic rings. The summed E-state index contributed by atoms with van der Waals surface area (Å²) in [6.07, 6.45) is 0. The molecule has 6 heterocycles. The van der Waals surface area contributed by atoms with Gasteiger partial charge in [0.1, 0.15) is 11.6 Å².